The smallest absolute Gasteiger partial charge is 0.175 e. The highest BCUT2D eigenvalue weighted by Crippen LogP contribution is 2.39. The zero-order valence-electron chi connectivity index (χ0n) is 9.32. The molecular formula is C12H14N2OS. The van der Waals surface area contributed by atoms with Gasteiger partial charge in [-0.15, -0.1) is 11.3 Å². The molecule has 0 saturated heterocycles. The molecule has 0 aromatic carbocycles. The minimum Gasteiger partial charge on any atom is -0.483 e. The van der Waals surface area contributed by atoms with Gasteiger partial charge in [0.2, 0.25) is 0 Å². The maximum Gasteiger partial charge on any atom is 0.175 e. The van der Waals surface area contributed by atoms with E-state index in [0.29, 0.717) is 6.61 Å². The zero-order valence-corrected chi connectivity index (χ0v) is 10.1. The molecule has 2 rings (SSSR count). The van der Waals surface area contributed by atoms with E-state index in [0.717, 1.165) is 23.4 Å². The molecule has 1 aliphatic rings. The minimum atomic E-state index is 0.608. The highest BCUT2D eigenvalue weighted by atomic mass is 32.1. The molecule has 0 aliphatic heterocycles. The lowest BCUT2D eigenvalue weighted by atomic mass is 9.96. The number of fused-ring (bicyclic) bond motifs is 1. The van der Waals surface area contributed by atoms with Crippen LogP contribution in [-0.2, 0) is 17.6 Å². The van der Waals surface area contributed by atoms with Crippen molar-refractivity contribution in [1.29, 1.82) is 5.26 Å². The van der Waals surface area contributed by atoms with E-state index in [-0.39, 0.29) is 0 Å². The van der Waals surface area contributed by atoms with E-state index in [1.165, 1.54) is 29.7 Å². The summed E-state index contributed by atoms with van der Waals surface area (Å²) in [6.45, 7) is 2.52. The molecule has 4 heteroatoms. The summed E-state index contributed by atoms with van der Waals surface area (Å²) >= 11 is 1.64. The summed E-state index contributed by atoms with van der Waals surface area (Å²) < 4.78 is 5.07. The van der Waals surface area contributed by atoms with Crippen LogP contribution in [-0.4, -0.2) is 13.0 Å². The first-order chi connectivity index (χ1) is 7.86. The van der Waals surface area contributed by atoms with E-state index < -0.39 is 0 Å². The Kier molecular flexibility index (Phi) is 3.58. The van der Waals surface area contributed by atoms with E-state index >= 15 is 0 Å². The molecule has 0 N–H and O–H groups in total. The Morgan fingerprint density at radius 1 is 1.50 bits per heavy atom. The maximum atomic E-state index is 9.16. The van der Waals surface area contributed by atoms with Crippen molar-refractivity contribution >= 4 is 22.7 Å². The summed E-state index contributed by atoms with van der Waals surface area (Å²) in [5.41, 5.74) is 1.98. The molecule has 0 fully saturated rings. The molecule has 0 bridgehead atoms. The van der Waals surface area contributed by atoms with Gasteiger partial charge in [0.1, 0.15) is 11.1 Å². The van der Waals surface area contributed by atoms with Crippen LogP contribution in [0.15, 0.2) is 4.99 Å². The summed E-state index contributed by atoms with van der Waals surface area (Å²) in [5.74, 6) is 0. The molecule has 1 aliphatic carbocycles. The molecule has 0 saturated carbocycles. The van der Waals surface area contributed by atoms with Crippen LogP contribution in [0, 0.1) is 11.3 Å². The van der Waals surface area contributed by atoms with Crippen LogP contribution in [0.3, 0.4) is 0 Å². The van der Waals surface area contributed by atoms with E-state index in [1.807, 2.05) is 6.92 Å². The number of nitrogens with zero attached hydrogens (tertiary/aromatic N) is 2. The van der Waals surface area contributed by atoms with Gasteiger partial charge in [0.25, 0.3) is 0 Å². The number of nitriles is 1. The largest absolute Gasteiger partial charge is 0.483 e. The molecular weight excluding hydrogens is 220 g/mol. The van der Waals surface area contributed by atoms with Gasteiger partial charge in [0, 0.05) is 4.88 Å². The maximum absolute atomic E-state index is 9.16. The number of hydrogen-bond donors (Lipinski definition) is 0. The van der Waals surface area contributed by atoms with Crippen LogP contribution >= 0.6 is 11.3 Å². The third kappa shape index (κ3) is 2.10. The van der Waals surface area contributed by atoms with Gasteiger partial charge in [-0.1, -0.05) is 0 Å². The molecule has 16 heavy (non-hydrogen) atoms. The van der Waals surface area contributed by atoms with Crippen molar-refractivity contribution in [3.8, 4) is 6.07 Å². The highest BCUT2D eigenvalue weighted by Gasteiger charge is 2.19. The Morgan fingerprint density at radius 2 is 2.31 bits per heavy atom. The molecule has 0 radical (unpaired) electrons. The van der Waals surface area contributed by atoms with Crippen LogP contribution < -0.4 is 0 Å². The van der Waals surface area contributed by atoms with Gasteiger partial charge in [-0.2, -0.15) is 5.26 Å². The Morgan fingerprint density at radius 3 is 3.06 bits per heavy atom. The lowest BCUT2D eigenvalue weighted by Crippen LogP contribution is -1.99. The lowest BCUT2D eigenvalue weighted by Gasteiger charge is -2.09. The third-order valence-corrected chi connectivity index (χ3v) is 3.88. The molecule has 0 spiro atoms. The van der Waals surface area contributed by atoms with Crippen molar-refractivity contribution in [3.05, 3.63) is 16.0 Å². The Bertz CT molecular complexity index is 443. The number of rotatable bonds is 3. The monoisotopic (exact) mass is 234 g/mol. The van der Waals surface area contributed by atoms with Gasteiger partial charge in [-0.3, -0.25) is 0 Å². The van der Waals surface area contributed by atoms with E-state index in [9.17, 15) is 0 Å². The average Bonchev–Trinajstić information content (AvgIpc) is 2.67. The summed E-state index contributed by atoms with van der Waals surface area (Å²) in [4.78, 5) is 5.56. The van der Waals surface area contributed by atoms with Crippen molar-refractivity contribution in [2.75, 3.05) is 6.61 Å². The molecule has 84 valence electrons. The van der Waals surface area contributed by atoms with Crippen LogP contribution in [0.2, 0.25) is 0 Å². The van der Waals surface area contributed by atoms with Crippen molar-refractivity contribution < 1.29 is 4.74 Å². The number of aryl methyl sites for hydroxylation is 1. The molecule has 1 heterocycles. The standard InChI is InChI=1S/C12H14N2OS/c1-2-15-8-14-12-10(7-13)9-5-3-4-6-11(9)16-12/h8H,2-6H2,1H3/b14-8+. The fraction of sp³-hybridized carbons (Fsp3) is 0.500. The Labute approximate surface area is 99.4 Å². The SMILES string of the molecule is CCO/C=N/c1sc2c(c1C#N)CCCC2. The van der Waals surface area contributed by atoms with E-state index in [4.69, 9.17) is 10.00 Å². The number of thiophene rings is 1. The lowest BCUT2D eigenvalue weighted by molar-refractivity contribution is 0.344. The van der Waals surface area contributed by atoms with Gasteiger partial charge in [0.15, 0.2) is 6.40 Å². The van der Waals surface area contributed by atoms with E-state index in [2.05, 4.69) is 11.1 Å². The molecule has 0 atom stereocenters. The summed E-state index contributed by atoms with van der Waals surface area (Å²) in [6, 6.07) is 2.27. The van der Waals surface area contributed by atoms with Crippen LogP contribution in [0.5, 0.6) is 0 Å². The number of aliphatic imine (C=N–C) groups is 1. The molecule has 0 amide bonds. The first-order valence-corrected chi connectivity index (χ1v) is 6.37. The zero-order chi connectivity index (χ0) is 11.4. The average molecular weight is 234 g/mol. The van der Waals surface area contributed by atoms with Crippen molar-refractivity contribution in [3.63, 3.8) is 0 Å². The third-order valence-electron chi connectivity index (χ3n) is 2.68. The van der Waals surface area contributed by atoms with Crippen molar-refractivity contribution in [1.82, 2.24) is 0 Å². The number of ether oxygens (including phenoxy) is 1. The fourth-order valence-corrected chi connectivity index (χ4v) is 3.09. The second kappa shape index (κ2) is 5.13. The van der Waals surface area contributed by atoms with Gasteiger partial charge >= 0.3 is 0 Å². The summed E-state index contributed by atoms with van der Waals surface area (Å²) in [7, 11) is 0. The first-order valence-electron chi connectivity index (χ1n) is 5.55. The van der Waals surface area contributed by atoms with Crippen LogP contribution in [0.1, 0.15) is 35.8 Å². The van der Waals surface area contributed by atoms with Gasteiger partial charge in [-0.05, 0) is 38.2 Å². The Balaban J connectivity index is 2.31. The Hall–Kier alpha value is -1.34. The van der Waals surface area contributed by atoms with Gasteiger partial charge < -0.3 is 4.74 Å². The molecule has 1 aromatic heterocycles. The van der Waals surface area contributed by atoms with E-state index in [1.54, 1.807) is 11.3 Å². The topological polar surface area (TPSA) is 45.4 Å². The van der Waals surface area contributed by atoms with Gasteiger partial charge in [0.05, 0.1) is 12.2 Å². The van der Waals surface area contributed by atoms with Gasteiger partial charge in [-0.25, -0.2) is 4.99 Å². The fourth-order valence-electron chi connectivity index (χ4n) is 1.92. The predicted octanol–water partition coefficient (Wildman–Crippen LogP) is 3.19. The summed E-state index contributed by atoms with van der Waals surface area (Å²) in [6.07, 6.45) is 5.98. The van der Waals surface area contributed by atoms with Crippen molar-refractivity contribution in [2.24, 2.45) is 4.99 Å². The second-order valence-electron chi connectivity index (χ2n) is 3.69. The normalized spacial score (nSPS) is 14.8. The summed E-state index contributed by atoms with van der Waals surface area (Å²) in [5, 5.41) is 9.97. The highest BCUT2D eigenvalue weighted by molar-refractivity contribution is 7.16. The van der Waals surface area contributed by atoms with Crippen molar-refractivity contribution in [2.45, 2.75) is 32.6 Å². The molecule has 1 aromatic rings. The van der Waals surface area contributed by atoms with Crippen LogP contribution in [0.4, 0.5) is 5.00 Å². The van der Waals surface area contributed by atoms with Crippen LogP contribution in [0.25, 0.3) is 0 Å². The second-order valence-corrected chi connectivity index (χ2v) is 4.78. The predicted molar refractivity (Wildman–Crippen MR) is 65.5 cm³/mol. The minimum absolute atomic E-state index is 0.608. The quantitative estimate of drug-likeness (QED) is 0.595. The first kappa shape index (κ1) is 11.2. The molecule has 3 nitrogen and oxygen atoms in total. The number of hydrogen-bond acceptors (Lipinski definition) is 4. The molecule has 0 unspecified atom stereocenters.